The zero-order valence-corrected chi connectivity index (χ0v) is 42.8. The van der Waals surface area contributed by atoms with Crippen LogP contribution in [0, 0.1) is 5.92 Å². The number of carboxylic acids is 1. The summed E-state index contributed by atoms with van der Waals surface area (Å²) < 4.78 is 31.7. The smallest absolute Gasteiger partial charge is 0.490 e. The lowest BCUT2D eigenvalue weighted by Crippen LogP contribution is -2.58. The van der Waals surface area contributed by atoms with E-state index in [1.807, 2.05) is 13.8 Å². The molecule has 76 heavy (non-hydrogen) atoms. The van der Waals surface area contributed by atoms with Gasteiger partial charge in [-0.1, -0.05) is 75.7 Å². The van der Waals surface area contributed by atoms with Crippen molar-refractivity contribution in [1.82, 2.24) is 36.8 Å². The fourth-order valence-electron chi connectivity index (χ4n) is 8.28. The number of hydrogen-bond acceptors (Lipinski definition) is 13. The predicted molar refractivity (Wildman–Crippen MR) is 271 cm³/mol. The molecule has 0 saturated carbocycles. The van der Waals surface area contributed by atoms with E-state index in [1.165, 1.54) is 30.9 Å². The number of likely N-dealkylation sites (tertiary alicyclic amines) is 1. The van der Waals surface area contributed by atoms with E-state index < -0.39 is 90.4 Å². The van der Waals surface area contributed by atoms with Gasteiger partial charge in [0.15, 0.2) is 11.6 Å². The maximum atomic E-state index is 14.0. The number of fused-ring (bicyclic) bond motifs is 2. The number of anilines is 1. The number of nitrogens with two attached hydrogens (primary N) is 1. The molecule has 412 valence electrons. The molecule has 0 bridgehead atoms. The monoisotopic (exact) mass is 1070 g/mol. The molecule has 1 aliphatic heterocycles. The molecule has 6 atom stereocenters. The van der Waals surface area contributed by atoms with E-state index in [2.05, 4.69) is 37.2 Å². The number of amides is 7. The molecule has 7 amide bonds. The van der Waals surface area contributed by atoms with Crippen LogP contribution in [0.3, 0.4) is 0 Å². The Morgan fingerprint density at radius 1 is 0.737 bits per heavy atom. The lowest BCUT2D eigenvalue weighted by atomic mass is 9.83. The Labute approximate surface area is 437 Å². The van der Waals surface area contributed by atoms with E-state index in [9.17, 15) is 61.4 Å². The SMILES string of the molecule is CCC[C@H](NC(=O)[C@H](Cc1ccc(O)cc1)NC(=O)[C@H](C)NC(=O)[C@@H](C)N)C(=O)NCC(=O)N[C@@H](CC(C)C)C(=O)N1CCC[C@H]1C(=O)NCCCNc1cccc2c1C(=O)c1ccccc1C2=O.O=C(O)C(F)(F)F. The number of nitrogens with zero attached hydrogens (tertiary/aromatic N) is 1. The van der Waals surface area contributed by atoms with Gasteiger partial charge in [-0.15, -0.1) is 0 Å². The second-order valence-corrected chi connectivity index (χ2v) is 18.8. The molecule has 11 N–H and O–H groups in total. The zero-order valence-electron chi connectivity index (χ0n) is 42.8. The second kappa shape index (κ2) is 28.1. The third-order valence-corrected chi connectivity index (χ3v) is 12.2. The standard InChI is InChI=1S/C50H65N9O10.C2HF3O2/c1-6-12-37(57-48(67)38(26-31-18-20-32(60)21-19-31)58-46(65)30(5)55-45(64)29(4)51)47(66)54-27-41(61)56-39(25-28(2)3)50(69)59-24-10-17-40(59)49(68)53-23-11-22-52-36-16-9-15-35-42(36)44(63)34-14-8-7-13-33(34)43(35)62;3-2(4,5)1(6)7/h7-9,13-16,18-21,28-30,37-40,52,60H,6,10-12,17,22-27,51H2,1-5H3,(H,53,68)(H,54,66)(H,55,64)(H,56,61)(H,57,67)(H,58,65);(H,6,7)/t29-,30+,37+,38+,39+,40+;/m1./s1. The molecule has 5 rings (SSSR count). The van der Waals surface area contributed by atoms with Gasteiger partial charge in [-0.3, -0.25) is 43.2 Å². The molecular weight excluding hydrogens is 1000 g/mol. The largest absolute Gasteiger partial charge is 0.508 e. The van der Waals surface area contributed by atoms with Gasteiger partial charge in [0.2, 0.25) is 41.4 Å². The minimum Gasteiger partial charge on any atom is -0.508 e. The third-order valence-electron chi connectivity index (χ3n) is 12.2. The highest BCUT2D eigenvalue weighted by atomic mass is 19.4. The van der Waals surface area contributed by atoms with Crippen LogP contribution in [-0.2, 0) is 44.8 Å². The zero-order chi connectivity index (χ0) is 56.4. The molecule has 2 aliphatic rings. The number of ketones is 2. The summed E-state index contributed by atoms with van der Waals surface area (Å²) in [5, 5.41) is 36.1. The number of nitrogens with one attached hydrogen (secondary N) is 7. The molecule has 3 aromatic carbocycles. The maximum absolute atomic E-state index is 14.0. The minimum atomic E-state index is -5.08. The van der Waals surface area contributed by atoms with E-state index >= 15 is 0 Å². The van der Waals surface area contributed by atoms with Crippen LogP contribution in [0.4, 0.5) is 18.9 Å². The van der Waals surface area contributed by atoms with Gasteiger partial charge in [-0.05, 0) is 75.6 Å². The van der Waals surface area contributed by atoms with Crippen LogP contribution in [0.2, 0.25) is 0 Å². The number of phenols is 1. The van der Waals surface area contributed by atoms with Crippen molar-refractivity contribution in [2.45, 2.75) is 122 Å². The van der Waals surface area contributed by atoms with E-state index in [-0.39, 0.29) is 54.9 Å². The predicted octanol–water partition coefficient (Wildman–Crippen LogP) is 2.22. The summed E-state index contributed by atoms with van der Waals surface area (Å²) >= 11 is 0. The van der Waals surface area contributed by atoms with Crippen LogP contribution >= 0.6 is 0 Å². The molecular formula is C52H66F3N9O12. The molecule has 1 fully saturated rings. The van der Waals surface area contributed by atoms with Gasteiger partial charge >= 0.3 is 12.1 Å². The minimum absolute atomic E-state index is 0.00291. The van der Waals surface area contributed by atoms with Crippen molar-refractivity contribution in [2.75, 3.05) is 31.5 Å². The van der Waals surface area contributed by atoms with Crippen molar-refractivity contribution in [2.24, 2.45) is 11.7 Å². The first kappa shape index (κ1) is 60.7. The van der Waals surface area contributed by atoms with E-state index in [0.717, 1.165) is 0 Å². The highest BCUT2D eigenvalue weighted by molar-refractivity contribution is 6.30. The normalized spacial score (nSPS) is 15.7. The number of halogens is 3. The number of carbonyl (C=O) groups excluding carboxylic acids is 9. The summed E-state index contributed by atoms with van der Waals surface area (Å²) in [7, 11) is 0. The van der Waals surface area contributed by atoms with Crippen molar-refractivity contribution in [3.8, 4) is 5.75 Å². The van der Waals surface area contributed by atoms with E-state index in [4.69, 9.17) is 15.6 Å². The van der Waals surface area contributed by atoms with Gasteiger partial charge in [-0.2, -0.15) is 13.2 Å². The van der Waals surface area contributed by atoms with Crippen molar-refractivity contribution in [3.63, 3.8) is 0 Å². The third kappa shape index (κ3) is 17.3. The molecule has 0 spiro atoms. The Balaban J connectivity index is 0.00000166. The van der Waals surface area contributed by atoms with Gasteiger partial charge in [0.05, 0.1) is 18.2 Å². The lowest BCUT2D eigenvalue weighted by molar-refractivity contribution is -0.192. The highest BCUT2D eigenvalue weighted by Gasteiger charge is 2.39. The summed E-state index contributed by atoms with van der Waals surface area (Å²) in [5.41, 5.74) is 8.10. The highest BCUT2D eigenvalue weighted by Crippen LogP contribution is 2.32. The van der Waals surface area contributed by atoms with Crippen LogP contribution in [-0.4, -0.2) is 143 Å². The number of hydrogen-bond donors (Lipinski definition) is 10. The van der Waals surface area contributed by atoms with Crippen LogP contribution in [0.5, 0.6) is 5.75 Å². The summed E-state index contributed by atoms with van der Waals surface area (Å²) in [6, 6.07) is 11.8. The Morgan fingerprint density at radius 3 is 1.96 bits per heavy atom. The lowest BCUT2D eigenvalue weighted by Gasteiger charge is -2.29. The summed E-state index contributed by atoms with van der Waals surface area (Å²) in [5.74, 6) is -7.31. The Morgan fingerprint density at radius 2 is 1.36 bits per heavy atom. The Kier molecular flexibility index (Phi) is 22.5. The van der Waals surface area contributed by atoms with Gasteiger partial charge in [0.25, 0.3) is 0 Å². The molecule has 0 unspecified atom stereocenters. The average Bonchev–Trinajstić information content (AvgIpc) is 3.87. The number of phenolic OH excluding ortho intramolecular Hbond substituents is 1. The molecule has 21 nitrogen and oxygen atoms in total. The second-order valence-electron chi connectivity index (χ2n) is 18.8. The molecule has 0 radical (unpaired) electrons. The van der Waals surface area contributed by atoms with Gasteiger partial charge < -0.3 is 58.1 Å². The van der Waals surface area contributed by atoms with E-state index in [1.54, 1.807) is 61.5 Å². The molecule has 1 heterocycles. The molecule has 1 aliphatic carbocycles. The van der Waals surface area contributed by atoms with Crippen molar-refractivity contribution < 1.29 is 71.3 Å². The fraction of sp³-hybridized carbons (Fsp3) is 0.462. The number of alkyl halides is 3. The summed E-state index contributed by atoms with van der Waals surface area (Å²) in [6.07, 6.45) is -2.74. The first-order valence-electron chi connectivity index (χ1n) is 24.8. The van der Waals surface area contributed by atoms with Crippen LogP contribution in [0.1, 0.15) is 111 Å². The Bertz CT molecular complexity index is 2610. The topological polar surface area (TPSA) is 325 Å². The Hall–Kier alpha value is -7.89. The van der Waals surface area contributed by atoms with Gasteiger partial charge in [-0.25, -0.2) is 4.79 Å². The molecule has 3 aromatic rings. The number of rotatable bonds is 23. The number of aromatic hydroxyl groups is 1. The number of carbonyl (C=O) groups is 10. The van der Waals surface area contributed by atoms with Gasteiger partial charge in [0, 0.05) is 48.4 Å². The molecule has 1 saturated heterocycles. The maximum Gasteiger partial charge on any atom is 0.490 e. The van der Waals surface area contributed by atoms with Gasteiger partial charge in [0.1, 0.15) is 36.0 Å². The molecule has 0 aromatic heterocycles. The van der Waals surface area contributed by atoms with Crippen molar-refractivity contribution in [1.29, 1.82) is 0 Å². The summed E-state index contributed by atoms with van der Waals surface area (Å²) in [4.78, 5) is 130. The van der Waals surface area contributed by atoms with Crippen LogP contribution in [0.25, 0.3) is 0 Å². The fourth-order valence-corrected chi connectivity index (χ4v) is 8.28. The number of aliphatic carboxylic acids is 1. The van der Waals surface area contributed by atoms with Crippen LogP contribution < -0.4 is 43.0 Å². The average molecular weight is 1070 g/mol. The van der Waals surface area contributed by atoms with Crippen molar-refractivity contribution >= 4 is 64.6 Å². The quantitative estimate of drug-likeness (QED) is 0.0477. The number of carboxylic acid groups (broad SMARTS) is 1. The first-order chi connectivity index (χ1) is 35.8. The van der Waals surface area contributed by atoms with Crippen molar-refractivity contribution in [3.05, 3.63) is 94.5 Å². The first-order valence-corrected chi connectivity index (χ1v) is 24.8. The van der Waals surface area contributed by atoms with Crippen LogP contribution in [0.15, 0.2) is 66.7 Å². The summed E-state index contributed by atoms with van der Waals surface area (Å²) in [6.45, 7) is 8.90. The molecule has 24 heteroatoms. The number of benzene rings is 3. The van der Waals surface area contributed by atoms with E-state index in [0.29, 0.717) is 72.3 Å².